The normalized spacial score (nSPS) is 14.9. The lowest BCUT2D eigenvalue weighted by atomic mass is 10.1. The number of hydrogen-bond donors (Lipinski definition) is 2. The largest absolute Gasteiger partial charge is 0.350 e. The van der Waals surface area contributed by atoms with E-state index in [2.05, 4.69) is 15.6 Å². The molecule has 0 aliphatic rings. The molecular weight excluding hydrogens is 226 g/mol. The van der Waals surface area contributed by atoms with Crippen LogP contribution in [-0.4, -0.2) is 22.5 Å². The molecule has 0 fully saturated rings. The Morgan fingerprint density at radius 3 is 2.28 bits per heavy atom. The summed E-state index contributed by atoms with van der Waals surface area (Å²) in [6, 6.07) is 3.79. The summed E-state index contributed by atoms with van der Waals surface area (Å²) in [5.74, 6) is 0.0170. The average molecular weight is 249 g/mol. The van der Waals surface area contributed by atoms with Gasteiger partial charge >= 0.3 is 0 Å². The Morgan fingerprint density at radius 2 is 1.78 bits per heavy atom. The molecule has 4 nitrogen and oxygen atoms in total. The highest BCUT2D eigenvalue weighted by atomic mass is 16.2. The van der Waals surface area contributed by atoms with E-state index in [0.717, 1.165) is 5.56 Å². The van der Waals surface area contributed by atoms with E-state index in [9.17, 15) is 4.79 Å². The number of carbonyl (C=O) groups is 1. The maximum Gasteiger partial charge on any atom is 0.237 e. The van der Waals surface area contributed by atoms with Gasteiger partial charge in [-0.05, 0) is 52.3 Å². The van der Waals surface area contributed by atoms with Crippen LogP contribution in [0, 0.1) is 0 Å². The van der Waals surface area contributed by atoms with E-state index in [-0.39, 0.29) is 23.5 Å². The van der Waals surface area contributed by atoms with Gasteiger partial charge in [0.25, 0.3) is 0 Å². The van der Waals surface area contributed by atoms with Gasteiger partial charge in [-0.1, -0.05) is 0 Å². The zero-order chi connectivity index (χ0) is 13.8. The van der Waals surface area contributed by atoms with Crippen LogP contribution in [0.2, 0.25) is 0 Å². The number of carbonyl (C=O) groups excluding carboxylic acids is 1. The lowest BCUT2D eigenvalue weighted by Gasteiger charge is -2.25. The molecule has 1 heterocycles. The third-order valence-corrected chi connectivity index (χ3v) is 2.60. The molecule has 4 heteroatoms. The first-order valence-electron chi connectivity index (χ1n) is 6.27. The van der Waals surface area contributed by atoms with E-state index in [0.29, 0.717) is 0 Å². The molecule has 1 amide bonds. The Morgan fingerprint density at radius 1 is 1.22 bits per heavy atom. The topological polar surface area (TPSA) is 54.0 Å². The molecule has 18 heavy (non-hydrogen) atoms. The Labute approximate surface area is 109 Å². The highest BCUT2D eigenvalue weighted by Gasteiger charge is 2.20. The minimum atomic E-state index is -0.229. The Balaban J connectivity index is 2.55. The summed E-state index contributed by atoms with van der Waals surface area (Å²) in [6.45, 7) is 9.84. The third kappa shape index (κ3) is 4.84. The van der Waals surface area contributed by atoms with Crippen molar-refractivity contribution >= 4 is 5.91 Å². The summed E-state index contributed by atoms with van der Waals surface area (Å²) in [5.41, 5.74) is 0.924. The van der Waals surface area contributed by atoms with Crippen LogP contribution < -0.4 is 10.6 Å². The maximum absolute atomic E-state index is 11.9. The van der Waals surface area contributed by atoms with Crippen molar-refractivity contribution in [3.8, 4) is 0 Å². The highest BCUT2D eigenvalue weighted by Crippen LogP contribution is 2.11. The Bertz CT molecular complexity index is 384. The standard InChI is InChI=1S/C14H23N3O/c1-10(12-6-8-15-9-7-12)16-11(2)13(18)17-14(3,4)5/h6-11,16H,1-5H3,(H,17,18)/t10-,11?/m1/s1. The molecule has 0 bridgehead atoms. The molecule has 0 saturated carbocycles. The molecule has 0 aliphatic carbocycles. The van der Waals surface area contributed by atoms with Gasteiger partial charge in [0, 0.05) is 24.0 Å². The van der Waals surface area contributed by atoms with E-state index >= 15 is 0 Å². The molecule has 2 N–H and O–H groups in total. The van der Waals surface area contributed by atoms with Gasteiger partial charge in [0.15, 0.2) is 0 Å². The fourth-order valence-electron chi connectivity index (χ4n) is 1.68. The van der Waals surface area contributed by atoms with Crippen LogP contribution in [0.4, 0.5) is 0 Å². The molecule has 1 aromatic heterocycles. The molecule has 0 spiro atoms. The highest BCUT2D eigenvalue weighted by molar-refractivity contribution is 5.81. The zero-order valence-electron chi connectivity index (χ0n) is 11.8. The van der Waals surface area contributed by atoms with Gasteiger partial charge < -0.3 is 5.32 Å². The van der Waals surface area contributed by atoms with Gasteiger partial charge in [0.2, 0.25) is 5.91 Å². The summed E-state index contributed by atoms with van der Waals surface area (Å²) in [4.78, 5) is 15.9. The summed E-state index contributed by atoms with van der Waals surface area (Å²) in [6.07, 6.45) is 3.51. The number of hydrogen-bond acceptors (Lipinski definition) is 3. The first-order valence-corrected chi connectivity index (χ1v) is 6.27. The first kappa shape index (κ1) is 14.6. The van der Waals surface area contributed by atoms with Crippen molar-refractivity contribution in [1.29, 1.82) is 0 Å². The van der Waals surface area contributed by atoms with Crippen molar-refractivity contribution in [3.05, 3.63) is 30.1 Å². The van der Waals surface area contributed by atoms with Crippen LogP contribution in [-0.2, 0) is 4.79 Å². The molecule has 0 radical (unpaired) electrons. The Hall–Kier alpha value is -1.42. The van der Waals surface area contributed by atoms with Gasteiger partial charge in [-0.25, -0.2) is 0 Å². The van der Waals surface area contributed by atoms with Crippen molar-refractivity contribution < 1.29 is 4.79 Å². The summed E-state index contributed by atoms with van der Waals surface area (Å²) in [5, 5.41) is 6.24. The van der Waals surface area contributed by atoms with Crippen LogP contribution in [0.1, 0.15) is 46.2 Å². The van der Waals surface area contributed by atoms with E-state index in [1.54, 1.807) is 12.4 Å². The predicted octanol–water partition coefficient (Wildman–Crippen LogP) is 2.04. The second-order valence-corrected chi connectivity index (χ2v) is 5.63. The minimum Gasteiger partial charge on any atom is -0.350 e. The predicted molar refractivity (Wildman–Crippen MR) is 73.1 cm³/mol. The monoisotopic (exact) mass is 249 g/mol. The molecule has 0 saturated heterocycles. The molecule has 1 aromatic rings. The maximum atomic E-state index is 11.9. The van der Waals surface area contributed by atoms with Gasteiger partial charge in [-0.2, -0.15) is 0 Å². The molecule has 2 atom stereocenters. The molecule has 0 aliphatic heterocycles. The zero-order valence-corrected chi connectivity index (χ0v) is 11.8. The summed E-state index contributed by atoms with van der Waals surface area (Å²) in [7, 11) is 0. The lowest BCUT2D eigenvalue weighted by Crippen LogP contribution is -2.49. The van der Waals surface area contributed by atoms with Crippen LogP contribution in [0.3, 0.4) is 0 Å². The SMILES string of the molecule is CC(N[C@H](C)c1ccncc1)C(=O)NC(C)(C)C. The van der Waals surface area contributed by atoms with Crippen molar-refractivity contribution in [2.24, 2.45) is 0 Å². The third-order valence-electron chi connectivity index (χ3n) is 2.60. The summed E-state index contributed by atoms with van der Waals surface area (Å²) < 4.78 is 0. The van der Waals surface area contributed by atoms with Crippen molar-refractivity contribution in [2.75, 3.05) is 0 Å². The molecule has 100 valence electrons. The number of nitrogens with one attached hydrogen (secondary N) is 2. The van der Waals surface area contributed by atoms with Crippen molar-refractivity contribution in [3.63, 3.8) is 0 Å². The molecular formula is C14H23N3O. The smallest absolute Gasteiger partial charge is 0.237 e. The summed E-state index contributed by atoms with van der Waals surface area (Å²) >= 11 is 0. The quantitative estimate of drug-likeness (QED) is 0.858. The van der Waals surface area contributed by atoms with Gasteiger partial charge in [0.05, 0.1) is 6.04 Å². The van der Waals surface area contributed by atoms with E-state index in [1.807, 2.05) is 46.8 Å². The number of amides is 1. The van der Waals surface area contributed by atoms with Crippen LogP contribution in [0.25, 0.3) is 0 Å². The van der Waals surface area contributed by atoms with Crippen LogP contribution in [0.15, 0.2) is 24.5 Å². The number of nitrogens with zero attached hydrogens (tertiary/aromatic N) is 1. The number of pyridine rings is 1. The molecule has 0 aromatic carbocycles. The second-order valence-electron chi connectivity index (χ2n) is 5.63. The fourth-order valence-corrected chi connectivity index (χ4v) is 1.68. The first-order chi connectivity index (χ1) is 8.29. The van der Waals surface area contributed by atoms with E-state index < -0.39 is 0 Å². The van der Waals surface area contributed by atoms with E-state index in [1.165, 1.54) is 0 Å². The van der Waals surface area contributed by atoms with Crippen LogP contribution >= 0.6 is 0 Å². The van der Waals surface area contributed by atoms with Crippen LogP contribution in [0.5, 0.6) is 0 Å². The van der Waals surface area contributed by atoms with Gasteiger partial charge in [-0.15, -0.1) is 0 Å². The molecule has 1 unspecified atom stereocenters. The minimum absolute atomic E-state index is 0.0170. The van der Waals surface area contributed by atoms with Crippen molar-refractivity contribution in [2.45, 2.75) is 52.2 Å². The number of aromatic nitrogens is 1. The fraction of sp³-hybridized carbons (Fsp3) is 0.571. The Kier molecular flexibility index (Phi) is 4.84. The second kappa shape index (κ2) is 5.96. The lowest BCUT2D eigenvalue weighted by molar-refractivity contribution is -0.124. The van der Waals surface area contributed by atoms with E-state index in [4.69, 9.17) is 0 Å². The van der Waals surface area contributed by atoms with Gasteiger partial charge in [-0.3, -0.25) is 15.1 Å². The van der Waals surface area contributed by atoms with Crippen molar-refractivity contribution in [1.82, 2.24) is 15.6 Å². The van der Waals surface area contributed by atoms with Gasteiger partial charge in [0.1, 0.15) is 0 Å². The number of rotatable bonds is 4. The average Bonchev–Trinajstić information content (AvgIpc) is 2.27. The molecule has 1 rings (SSSR count).